The Hall–Kier alpha value is -2.18. The lowest BCUT2D eigenvalue weighted by Crippen LogP contribution is -2.24. The minimum Gasteiger partial charge on any atom is -0.327 e. The lowest BCUT2D eigenvalue weighted by atomic mass is 10.1. The van der Waals surface area contributed by atoms with E-state index in [1.54, 1.807) is 0 Å². The molecule has 3 rings (SSSR count). The molecule has 5 nitrogen and oxygen atoms in total. The van der Waals surface area contributed by atoms with Crippen LogP contribution in [0.3, 0.4) is 0 Å². The Kier molecular flexibility index (Phi) is 4.19. The molecule has 0 fully saturated rings. The van der Waals surface area contributed by atoms with Gasteiger partial charge in [0, 0.05) is 19.2 Å². The average molecular weight is 329 g/mol. The van der Waals surface area contributed by atoms with Crippen LogP contribution >= 0.6 is 0 Å². The zero-order valence-corrected chi connectivity index (χ0v) is 14.0. The molecule has 23 heavy (non-hydrogen) atoms. The van der Waals surface area contributed by atoms with E-state index in [2.05, 4.69) is 9.29 Å². The standard InChI is InChI=1S/C17H19N3O2S/c1-20-16-9-8-13(10-11-18-23(2,21)22)12-15(16)19-17(20)14-6-4-3-5-7-14/h3-9,12,18H,10-11H2,1-2H3. The molecule has 0 aliphatic carbocycles. The van der Waals surface area contributed by atoms with Gasteiger partial charge in [-0.2, -0.15) is 0 Å². The minimum atomic E-state index is -3.15. The van der Waals surface area contributed by atoms with Crippen LogP contribution in [0.1, 0.15) is 5.56 Å². The largest absolute Gasteiger partial charge is 0.327 e. The molecule has 0 spiro atoms. The molecular formula is C17H19N3O2S. The highest BCUT2D eigenvalue weighted by molar-refractivity contribution is 7.88. The quantitative estimate of drug-likeness (QED) is 0.781. The Morgan fingerprint density at radius 1 is 1.13 bits per heavy atom. The van der Waals surface area contributed by atoms with Crippen LogP contribution in [0.2, 0.25) is 0 Å². The van der Waals surface area contributed by atoms with E-state index in [1.165, 1.54) is 6.26 Å². The molecule has 1 heterocycles. The number of aromatic nitrogens is 2. The van der Waals surface area contributed by atoms with Crippen molar-refractivity contribution in [3.63, 3.8) is 0 Å². The molecule has 0 saturated carbocycles. The highest BCUT2D eigenvalue weighted by Crippen LogP contribution is 2.24. The Labute approximate surface area is 136 Å². The van der Waals surface area contributed by atoms with E-state index < -0.39 is 10.0 Å². The molecule has 0 aliphatic heterocycles. The van der Waals surface area contributed by atoms with Gasteiger partial charge in [-0.3, -0.25) is 0 Å². The topological polar surface area (TPSA) is 64.0 Å². The molecule has 0 atom stereocenters. The Morgan fingerprint density at radius 3 is 2.57 bits per heavy atom. The fourth-order valence-corrected chi connectivity index (χ4v) is 3.10. The number of nitrogens with one attached hydrogen (secondary N) is 1. The number of hydrogen-bond donors (Lipinski definition) is 1. The zero-order chi connectivity index (χ0) is 16.4. The minimum absolute atomic E-state index is 0.392. The third-order valence-corrected chi connectivity index (χ3v) is 4.48. The second-order valence-corrected chi connectivity index (χ2v) is 7.43. The van der Waals surface area contributed by atoms with Crippen LogP contribution in [0, 0.1) is 0 Å². The number of rotatable bonds is 5. The number of fused-ring (bicyclic) bond motifs is 1. The molecule has 120 valence electrons. The third kappa shape index (κ3) is 3.60. The molecule has 0 aliphatic rings. The number of hydrogen-bond acceptors (Lipinski definition) is 3. The molecule has 0 amide bonds. The second kappa shape index (κ2) is 6.14. The van der Waals surface area contributed by atoms with E-state index in [0.29, 0.717) is 13.0 Å². The molecule has 3 aromatic rings. The summed E-state index contributed by atoms with van der Waals surface area (Å²) in [5.74, 6) is 0.923. The van der Waals surface area contributed by atoms with E-state index in [-0.39, 0.29) is 0 Å². The van der Waals surface area contributed by atoms with Gasteiger partial charge in [-0.1, -0.05) is 36.4 Å². The molecule has 0 radical (unpaired) electrons. The lowest BCUT2D eigenvalue weighted by molar-refractivity contribution is 0.588. The van der Waals surface area contributed by atoms with Gasteiger partial charge in [0.25, 0.3) is 0 Å². The first-order valence-corrected chi connectivity index (χ1v) is 9.28. The maximum atomic E-state index is 11.1. The lowest BCUT2D eigenvalue weighted by Gasteiger charge is -2.03. The van der Waals surface area contributed by atoms with Crippen LogP contribution in [0.4, 0.5) is 0 Å². The van der Waals surface area contributed by atoms with Crippen molar-refractivity contribution < 1.29 is 8.42 Å². The first-order chi connectivity index (χ1) is 10.9. The van der Waals surface area contributed by atoms with Crippen molar-refractivity contribution in [1.29, 1.82) is 0 Å². The summed E-state index contributed by atoms with van der Waals surface area (Å²) in [5, 5.41) is 0. The maximum absolute atomic E-state index is 11.1. The predicted molar refractivity (Wildman–Crippen MR) is 92.7 cm³/mol. The summed E-state index contributed by atoms with van der Waals surface area (Å²) in [5.41, 5.74) is 4.12. The number of aryl methyl sites for hydroxylation is 1. The fourth-order valence-electron chi connectivity index (χ4n) is 2.63. The summed E-state index contributed by atoms with van der Waals surface area (Å²) in [6.45, 7) is 0.392. The first kappa shape index (κ1) is 15.7. The van der Waals surface area contributed by atoms with Crippen LogP contribution in [0.5, 0.6) is 0 Å². The molecule has 0 bridgehead atoms. The van der Waals surface area contributed by atoms with E-state index in [1.807, 2.05) is 55.6 Å². The summed E-state index contributed by atoms with van der Waals surface area (Å²) in [4.78, 5) is 4.72. The van der Waals surface area contributed by atoms with Gasteiger partial charge in [-0.05, 0) is 24.1 Å². The van der Waals surface area contributed by atoms with Gasteiger partial charge < -0.3 is 4.57 Å². The van der Waals surface area contributed by atoms with Gasteiger partial charge in [0.05, 0.1) is 17.3 Å². The summed E-state index contributed by atoms with van der Waals surface area (Å²) in [7, 11) is -1.14. The maximum Gasteiger partial charge on any atom is 0.208 e. The van der Waals surface area contributed by atoms with Gasteiger partial charge in [0.2, 0.25) is 10.0 Å². The van der Waals surface area contributed by atoms with Crippen molar-refractivity contribution in [1.82, 2.24) is 14.3 Å². The Balaban J connectivity index is 1.89. The molecule has 0 unspecified atom stereocenters. The van der Waals surface area contributed by atoms with Crippen LogP contribution in [-0.2, 0) is 23.5 Å². The van der Waals surface area contributed by atoms with Gasteiger partial charge >= 0.3 is 0 Å². The van der Waals surface area contributed by atoms with Gasteiger partial charge in [-0.25, -0.2) is 18.1 Å². The molecule has 0 saturated heterocycles. The SMILES string of the molecule is Cn1c(-c2ccccc2)nc2cc(CCNS(C)(=O)=O)ccc21. The van der Waals surface area contributed by atoms with Gasteiger partial charge in [-0.15, -0.1) is 0 Å². The average Bonchev–Trinajstić information content (AvgIpc) is 2.84. The highest BCUT2D eigenvalue weighted by Gasteiger charge is 2.10. The number of sulfonamides is 1. The smallest absolute Gasteiger partial charge is 0.208 e. The molecule has 1 N–H and O–H groups in total. The number of nitrogens with zero attached hydrogens (tertiary/aromatic N) is 2. The molecule has 6 heteroatoms. The summed E-state index contributed by atoms with van der Waals surface area (Å²) < 4.78 is 26.8. The summed E-state index contributed by atoms with van der Waals surface area (Å²) in [6, 6.07) is 16.1. The van der Waals surface area contributed by atoms with Crippen molar-refractivity contribution >= 4 is 21.1 Å². The number of imidazole rings is 1. The van der Waals surface area contributed by atoms with Crippen molar-refractivity contribution in [2.45, 2.75) is 6.42 Å². The van der Waals surface area contributed by atoms with Crippen molar-refractivity contribution in [3.8, 4) is 11.4 Å². The Bertz CT molecular complexity index is 931. The zero-order valence-electron chi connectivity index (χ0n) is 13.2. The third-order valence-electron chi connectivity index (χ3n) is 3.76. The van der Waals surface area contributed by atoms with Crippen molar-refractivity contribution in [2.75, 3.05) is 12.8 Å². The van der Waals surface area contributed by atoms with Crippen LogP contribution < -0.4 is 4.72 Å². The van der Waals surface area contributed by atoms with Crippen LogP contribution in [0.25, 0.3) is 22.4 Å². The fraction of sp³-hybridized carbons (Fsp3) is 0.235. The molecular weight excluding hydrogens is 310 g/mol. The first-order valence-electron chi connectivity index (χ1n) is 7.39. The monoisotopic (exact) mass is 329 g/mol. The van der Waals surface area contributed by atoms with Crippen molar-refractivity contribution in [2.24, 2.45) is 7.05 Å². The highest BCUT2D eigenvalue weighted by atomic mass is 32.2. The Morgan fingerprint density at radius 2 is 1.87 bits per heavy atom. The van der Waals surface area contributed by atoms with Crippen molar-refractivity contribution in [3.05, 3.63) is 54.1 Å². The van der Waals surface area contributed by atoms with E-state index in [0.717, 1.165) is 28.0 Å². The van der Waals surface area contributed by atoms with Gasteiger partial charge in [0.1, 0.15) is 5.82 Å². The molecule has 1 aromatic heterocycles. The summed E-state index contributed by atoms with van der Waals surface area (Å²) >= 11 is 0. The van der Waals surface area contributed by atoms with E-state index >= 15 is 0 Å². The second-order valence-electron chi connectivity index (χ2n) is 5.60. The normalized spacial score (nSPS) is 11.9. The molecule has 2 aromatic carbocycles. The summed E-state index contributed by atoms with van der Waals surface area (Å²) in [6.07, 6.45) is 1.81. The van der Waals surface area contributed by atoms with E-state index in [9.17, 15) is 8.42 Å². The van der Waals surface area contributed by atoms with Crippen LogP contribution in [0.15, 0.2) is 48.5 Å². The van der Waals surface area contributed by atoms with Gasteiger partial charge in [0.15, 0.2) is 0 Å². The number of benzene rings is 2. The van der Waals surface area contributed by atoms with E-state index in [4.69, 9.17) is 4.98 Å². The van der Waals surface area contributed by atoms with Crippen LogP contribution in [-0.4, -0.2) is 30.8 Å². The predicted octanol–water partition coefficient (Wildman–Crippen LogP) is 2.33.